The molecular formula is C11H12Cl2N4. The molecule has 0 radical (unpaired) electrons. The second-order valence-corrected chi connectivity index (χ2v) is 4.54. The molecule has 2 aromatic rings. The Bertz CT molecular complexity index is 490. The van der Waals surface area contributed by atoms with E-state index in [1.54, 1.807) is 10.7 Å². The van der Waals surface area contributed by atoms with E-state index in [1.165, 1.54) is 0 Å². The highest BCUT2D eigenvalue weighted by atomic mass is 35.5. The molecule has 0 bridgehead atoms. The lowest BCUT2D eigenvalue weighted by atomic mass is 10.2. The van der Waals surface area contributed by atoms with Crippen molar-refractivity contribution in [3.8, 4) is 11.3 Å². The van der Waals surface area contributed by atoms with Crippen molar-refractivity contribution in [2.24, 2.45) is 5.73 Å². The van der Waals surface area contributed by atoms with E-state index in [2.05, 4.69) is 10.3 Å². The first-order valence-corrected chi connectivity index (χ1v) is 6.01. The Morgan fingerprint density at radius 1 is 1.18 bits per heavy atom. The average Bonchev–Trinajstić information content (AvgIpc) is 2.73. The molecule has 1 heterocycles. The molecule has 0 spiro atoms. The maximum atomic E-state index is 5.93. The van der Waals surface area contributed by atoms with E-state index < -0.39 is 0 Å². The molecule has 0 aliphatic rings. The molecule has 0 aliphatic heterocycles. The molecule has 90 valence electrons. The van der Waals surface area contributed by atoms with Gasteiger partial charge >= 0.3 is 0 Å². The number of nitrogens with two attached hydrogens (primary N) is 1. The van der Waals surface area contributed by atoms with Gasteiger partial charge in [0.05, 0.1) is 6.20 Å². The average molecular weight is 271 g/mol. The predicted molar refractivity (Wildman–Crippen MR) is 69.1 cm³/mol. The van der Waals surface area contributed by atoms with Crippen LogP contribution in [0.15, 0.2) is 24.4 Å². The molecule has 17 heavy (non-hydrogen) atoms. The Hall–Kier alpha value is -1.10. The van der Waals surface area contributed by atoms with Crippen LogP contribution < -0.4 is 5.73 Å². The summed E-state index contributed by atoms with van der Waals surface area (Å²) in [5.74, 6) is 0. The number of aryl methyl sites for hydroxylation is 1. The zero-order valence-corrected chi connectivity index (χ0v) is 10.6. The molecule has 0 fully saturated rings. The van der Waals surface area contributed by atoms with Gasteiger partial charge in [0.1, 0.15) is 5.69 Å². The second-order valence-electron chi connectivity index (χ2n) is 3.67. The molecule has 1 aromatic carbocycles. The van der Waals surface area contributed by atoms with Crippen LogP contribution in [0.5, 0.6) is 0 Å². The smallest absolute Gasteiger partial charge is 0.113 e. The monoisotopic (exact) mass is 270 g/mol. The molecule has 2 rings (SSSR count). The first kappa shape index (κ1) is 12.4. The van der Waals surface area contributed by atoms with Crippen molar-refractivity contribution in [1.29, 1.82) is 0 Å². The van der Waals surface area contributed by atoms with Crippen LogP contribution in [0.2, 0.25) is 10.0 Å². The van der Waals surface area contributed by atoms with Crippen LogP contribution in [0.3, 0.4) is 0 Å². The summed E-state index contributed by atoms with van der Waals surface area (Å²) in [6, 6.07) is 5.31. The predicted octanol–water partition coefficient (Wildman–Crippen LogP) is 2.60. The highest BCUT2D eigenvalue weighted by Crippen LogP contribution is 2.25. The van der Waals surface area contributed by atoms with Gasteiger partial charge in [-0.1, -0.05) is 28.4 Å². The van der Waals surface area contributed by atoms with Crippen molar-refractivity contribution in [2.45, 2.75) is 13.0 Å². The summed E-state index contributed by atoms with van der Waals surface area (Å²) in [4.78, 5) is 0. The van der Waals surface area contributed by atoms with Gasteiger partial charge in [-0.3, -0.25) is 4.68 Å². The van der Waals surface area contributed by atoms with Crippen LogP contribution in [0, 0.1) is 0 Å². The highest BCUT2D eigenvalue weighted by Gasteiger charge is 2.05. The zero-order valence-electron chi connectivity index (χ0n) is 9.11. The van der Waals surface area contributed by atoms with Crippen molar-refractivity contribution in [1.82, 2.24) is 15.0 Å². The molecule has 0 atom stereocenters. The molecule has 1 aromatic heterocycles. The van der Waals surface area contributed by atoms with E-state index in [9.17, 15) is 0 Å². The number of nitrogens with zero attached hydrogens (tertiary/aromatic N) is 3. The van der Waals surface area contributed by atoms with Crippen LogP contribution in [0.25, 0.3) is 11.3 Å². The van der Waals surface area contributed by atoms with Crippen molar-refractivity contribution in [3.63, 3.8) is 0 Å². The largest absolute Gasteiger partial charge is 0.330 e. The van der Waals surface area contributed by atoms with Gasteiger partial charge in [-0.2, -0.15) is 0 Å². The molecule has 0 unspecified atom stereocenters. The number of rotatable bonds is 4. The summed E-state index contributed by atoms with van der Waals surface area (Å²) in [5, 5.41) is 9.26. The molecule has 6 heteroatoms. The lowest BCUT2D eigenvalue weighted by Crippen LogP contribution is -2.06. The Balaban J connectivity index is 2.24. The summed E-state index contributed by atoms with van der Waals surface area (Å²) in [6.07, 6.45) is 2.73. The van der Waals surface area contributed by atoms with E-state index in [4.69, 9.17) is 28.9 Å². The summed E-state index contributed by atoms with van der Waals surface area (Å²) in [5.41, 5.74) is 7.06. The molecular weight excluding hydrogens is 259 g/mol. The van der Waals surface area contributed by atoms with Gasteiger partial charge in [0.15, 0.2) is 0 Å². The Morgan fingerprint density at radius 2 is 1.88 bits per heavy atom. The summed E-state index contributed by atoms with van der Waals surface area (Å²) < 4.78 is 1.76. The van der Waals surface area contributed by atoms with Crippen molar-refractivity contribution >= 4 is 23.2 Å². The van der Waals surface area contributed by atoms with E-state index in [-0.39, 0.29) is 0 Å². The topological polar surface area (TPSA) is 56.7 Å². The number of aromatic nitrogens is 3. The molecule has 0 amide bonds. The number of halogens is 2. The van der Waals surface area contributed by atoms with Crippen LogP contribution in [0.4, 0.5) is 0 Å². The maximum absolute atomic E-state index is 5.93. The van der Waals surface area contributed by atoms with Gasteiger partial charge in [-0.15, -0.1) is 5.10 Å². The van der Waals surface area contributed by atoms with Crippen LogP contribution >= 0.6 is 23.2 Å². The van der Waals surface area contributed by atoms with Crippen molar-refractivity contribution < 1.29 is 0 Å². The third kappa shape index (κ3) is 3.19. The van der Waals surface area contributed by atoms with Crippen LogP contribution in [-0.4, -0.2) is 21.5 Å². The lowest BCUT2D eigenvalue weighted by molar-refractivity contribution is 0.564. The van der Waals surface area contributed by atoms with E-state index in [1.807, 2.05) is 18.3 Å². The van der Waals surface area contributed by atoms with Gasteiger partial charge in [0.25, 0.3) is 0 Å². The SMILES string of the molecule is NCCCn1cc(-c2cc(Cl)cc(Cl)c2)nn1. The quantitative estimate of drug-likeness (QED) is 0.929. The van der Waals surface area contributed by atoms with Crippen LogP contribution in [0.1, 0.15) is 6.42 Å². The fraction of sp³-hybridized carbons (Fsp3) is 0.273. The first-order valence-electron chi connectivity index (χ1n) is 5.25. The van der Waals surface area contributed by atoms with E-state index in [0.29, 0.717) is 16.6 Å². The zero-order chi connectivity index (χ0) is 12.3. The molecule has 0 aliphatic carbocycles. The Morgan fingerprint density at radius 3 is 2.53 bits per heavy atom. The van der Waals surface area contributed by atoms with Gasteiger partial charge in [-0.25, -0.2) is 0 Å². The molecule has 0 saturated heterocycles. The first-order chi connectivity index (χ1) is 8.19. The minimum Gasteiger partial charge on any atom is -0.330 e. The van der Waals surface area contributed by atoms with E-state index >= 15 is 0 Å². The van der Waals surface area contributed by atoms with Gasteiger partial charge in [0, 0.05) is 22.2 Å². The minimum atomic E-state index is 0.587. The Labute approximate surface area is 109 Å². The van der Waals surface area contributed by atoms with Crippen molar-refractivity contribution in [2.75, 3.05) is 6.54 Å². The van der Waals surface area contributed by atoms with Gasteiger partial charge in [0.2, 0.25) is 0 Å². The summed E-state index contributed by atoms with van der Waals surface area (Å²) in [6.45, 7) is 1.40. The molecule has 0 saturated carbocycles. The maximum Gasteiger partial charge on any atom is 0.113 e. The summed E-state index contributed by atoms with van der Waals surface area (Å²) in [7, 11) is 0. The van der Waals surface area contributed by atoms with E-state index in [0.717, 1.165) is 24.2 Å². The van der Waals surface area contributed by atoms with Crippen molar-refractivity contribution in [3.05, 3.63) is 34.4 Å². The van der Waals surface area contributed by atoms with Gasteiger partial charge < -0.3 is 5.73 Å². The number of hydrogen-bond donors (Lipinski definition) is 1. The standard InChI is InChI=1S/C11H12Cl2N4/c12-9-4-8(5-10(13)6-9)11-7-17(16-15-11)3-1-2-14/h4-7H,1-3,14H2. The normalized spacial score (nSPS) is 10.8. The number of benzene rings is 1. The summed E-state index contributed by atoms with van der Waals surface area (Å²) >= 11 is 11.9. The fourth-order valence-corrected chi connectivity index (χ4v) is 2.02. The fourth-order valence-electron chi connectivity index (χ4n) is 1.49. The minimum absolute atomic E-state index is 0.587. The van der Waals surface area contributed by atoms with Crippen LogP contribution in [-0.2, 0) is 6.54 Å². The third-order valence-electron chi connectivity index (χ3n) is 2.29. The second kappa shape index (κ2) is 5.49. The lowest BCUT2D eigenvalue weighted by Gasteiger charge is -1.98. The highest BCUT2D eigenvalue weighted by molar-refractivity contribution is 6.35. The Kier molecular flexibility index (Phi) is 3.99. The third-order valence-corrected chi connectivity index (χ3v) is 2.72. The molecule has 2 N–H and O–H groups in total. The van der Waals surface area contributed by atoms with Gasteiger partial charge in [-0.05, 0) is 31.2 Å². The molecule has 4 nitrogen and oxygen atoms in total. The number of hydrogen-bond acceptors (Lipinski definition) is 3.